The summed E-state index contributed by atoms with van der Waals surface area (Å²) in [4.78, 5) is 12.5. The van der Waals surface area contributed by atoms with E-state index in [0.717, 1.165) is 32.3 Å². The van der Waals surface area contributed by atoms with Crippen molar-refractivity contribution in [1.29, 1.82) is 0 Å². The van der Waals surface area contributed by atoms with Gasteiger partial charge in [0, 0.05) is 31.2 Å². The zero-order chi connectivity index (χ0) is 17.9. The highest BCUT2D eigenvalue weighted by Gasteiger charge is 2.34. The molecule has 6 heteroatoms. The van der Waals surface area contributed by atoms with E-state index < -0.39 is 0 Å². The molecule has 3 unspecified atom stereocenters. The Bertz CT molecular complexity index is 636. The van der Waals surface area contributed by atoms with Gasteiger partial charge in [-0.05, 0) is 56.6 Å². The Morgan fingerprint density at radius 1 is 1.27 bits per heavy atom. The Kier molecular flexibility index (Phi) is 5.41. The van der Waals surface area contributed by atoms with Crippen molar-refractivity contribution >= 4 is 11.6 Å². The van der Waals surface area contributed by atoms with Gasteiger partial charge in [-0.25, -0.2) is 4.39 Å². The van der Waals surface area contributed by atoms with Gasteiger partial charge in [-0.3, -0.25) is 4.79 Å². The summed E-state index contributed by atoms with van der Waals surface area (Å²) in [5, 5.41) is 6.45. The third-order valence-electron chi connectivity index (χ3n) is 5.71. The van der Waals surface area contributed by atoms with Crippen LogP contribution >= 0.6 is 0 Å². The van der Waals surface area contributed by atoms with Crippen molar-refractivity contribution < 1.29 is 18.7 Å². The molecule has 4 rings (SSSR count). The first kappa shape index (κ1) is 17.7. The minimum atomic E-state index is -0.385. The highest BCUT2D eigenvalue weighted by atomic mass is 19.1. The SMILES string of the molecule is O=C(CC1CC2CCC(C1)N2)Nc1cc(F)ccc1OCC1CCCO1. The van der Waals surface area contributed by atoms with Crippen LogP contribution in [0.25, 0.3) is 0 Å². The third-order valence-corrected chi connectivity index (χ3v) is 5.71. The number of amides is 1. The first-order valence-electron chi connectivity index (χ1n) is 9.75. The topological polar surface area (TPSA) is 59.6 Å². The molecule has 3 atom stereocenters. The number of carbonyl (C=O) groups is 1. The van der Waals surface area contributed by atoms with Gasteiger partial charge >= 0.3 is 0 Å². The summed E-state index contributed by atoms with van der Waals surface area (Å²) in [5.41, 5.74) is 0.407. The fraction of sp³-hybridized carbons (Fsp3) is 0.650. The molecule has 5 nitrogen and oxygen atoms in total. The molecule has 3 saturated heterocycles. The van der Waals surface area contributed by atoms with E-state index in [1.807, 2.05) is 0 Å². The fourth-order valence-electron chi connectivity index (χ4n) is 4.49. The zero-order valence-electron chi connectivity index (χ0n) is 15.0. The van der Waals surface area contributed by atoms with Gasteiger partial charge in [0.1, 0.15) is 18.2 Å². The smallest absolute Gasteiger partial charge is 0.224 e. The highest BCUT2D eigenvalue weighted by molar-refractivity contribution is 5.92. The first-order valence-corrected chi connectivity index (χ1v) is 9.75. The van der Waals surface area contributed by atoms with E-state index in [4.69, 9.17) is 9.47 Å². The molecule has 2 N–H and O–H groups in total. The Morgan fingerprint density at radius 2 is 2.08 bits per heavy atom. The van der Waals surface area contributed by atoms with Crippen molar-refractivity contribution in [3.8, 4) is 5.75 Å². The second kappa shape index (κ2) is 7.92. The molecule has 3 aliphatic heterocycles. The molecule has 2 bridgehead atoms. The van der Waals surface area contributed by atoms with Crippen LogP contribution in [0, 0.1) is 11.7 Å². The maximum atomic E-state index is 13.7. The van der Waals surface area contributed by atoms with Gasteiger partial charge in [-0.15, -0.1) is 0 Å². The van der Waals surface area contributed by atoms with Crippen molar-refractivity contribution in [2.75, 3.05) is 18.5 Å². The summed E-state index contributed by atoms with van der Waals surface area (Å²) in [5.74, 6) is 0.452. The molecule has 0 radical (unpaired) electrons. The second-order valence-electron chi connectivity index (χ2n) is 7.81. The summed E-state index contributed by atoms with van der Waals surface area (Å²) >= 11 is 0. The molecule has 1 aromatic rings. The predicted octanol–water partition coefficient (Wildman–Crippen LogP) is 3.24. The molecule has 0 spiro atoms. The normalized spacial score (nSPS) is 30.3. The zero-order valence-corrected chi connectivity index (χ0v) is 15.0. The van der Waals surface area contributed by atoms with E-state index in [-0.39, 0.29) is 17.8 Å². The van der Waals surface area contributed by atoms with Crippen molar-refractivity contribution in [3.05, 3.63) is 24.0 Å². The van der Waals surface area contributed by atoms with Crippen LogP contribution in [0.15, 0.2) is 18.2 Å². The maximum Gasteiger partial charge on any atom is 0.224 e. The standard InChI is InChI=1S/C20H27FN2O3/c21-14-3-6-19(26-12-17-2-1-7-25-17)18(11-14)23-20(24)10-13-8-15-4-5-16(9-13)22-15/h3,6,11,13,15-17,22H,1-2,4-5,7-10,12H2,(H,23,24). The highest BCUT2D eigenvalue weighted by Crippen LogP contribution is 2.33. The average Bonchev–Trinajstić information content (AvgIpc) is 3.23. The molecule has 3 heterocycles. The van der Waals surface area contributed by atoms with Crippen molar-refractivity contribution in [1.82, 2.24) is 5.32 Å². The number of halogens is 1. The predicted molar refractivity (Wildman–Crippen MR) is 96.8 cm³/mol. The number of rotatable bonds is 6. The Hall–Kier alpha value is -1.66. The number of benzene rings is 1. The number of hydrogen-bond donors (Lipinski definition) is 2. The van der Waals surface area contributed by atoms with Crippen LogP contribution in [-0.4, -0.2) is 37.3 Å². The Labute approximate surface area is 153 Å². The lowest BCUT2D eigenvalue weighted by Crippen LogP contribution is -2.39. The summed E-state index contributed by atoms with van der Waals surface area (Å²) in [7, 11) is 0. The van der Waals surface area contributed by atoms with E-state index in [1.54, 1.807) is 6.07 Å². The second-order valence-corrected chi connectivity index (χ2v) is 7.81. The van der Waals surface area contributed by atoms with E-state index in [1.165, 1.54) is 25.0 Å². The molecule has 3 aliphatic rings. The van der Waals surface area contributed by atoms with Gasteiger partial charge in [0.15, 0.2) is 0 Å². The van der Waals surface area contributed by atoms with Crippen molar-refractivity contribution in [2.24, 2.45) is 5.92 Å². The Morgan fingerprint density at radius 3 is 2.81 bits per heavy atom. The van der Waals surface area contributed by atoms with E-state index in [2.05, 4.69) is 10.6 Å². The number of carbonyl (C=O) groups excluding carboxylic acids is 1. The van der Waals surface area contributed by atoms with E-state index in [9.17, 15) is 9.18 Å². The quantitative estimate of drug-likeness (QED) is 0.816. The van der Waals surface area contributed by atoms with Crippen molar-refractivity contribution in [2.45, 2.75) is 63.1 Å². The van der Waals surface area contributed by atoms with Gasteiger partial charge < -0.3 is 20.1 Å². The maximum absolute atomic E-state index is 13.7. The number of piperidine rings is 1. The lowest BCUT2D eigenvalue weighted by Gasteiger charge is -2.28. The molecular weight excluding hydrogens is 335 g/mol. The molecular formula is C20H27FN2O3. The minimum Gasteiger partial charge on any atom is -0.489 e. The third kappa shape index (κ3) is 4.35. The van der Waals surface area contributed by atoms with Crippen LogP contribution in [0.1, 0.15) is 44.9 Å². The molecule has 0 saturated carbocycles. The number of fused-ring (bicyclic) bond motifs is 2. The molecule has 1 amide bonds. The van der Waals surface area contributed by atoms with Crippen LogP contribution in [-0.2, 0) is 9.53 Å². The van der Waals surface area contributed by atoms with Gasteiger partial charge in [-0.2, -0.15) is 0 Å². The Balaban J connectivity index is 1.35. The van der Waals surface area contributed by atoms with Crippen LogP contribution < -0.4 is 15.4 Å². The summed E-state index contributed by atoms with van der Waals surface area (Å²) in [6, 6.07) is 5.38. The first-order chi connectivity index (χ1) is 12.7. The number of anilines is 1. The van der Waals surface area contributed by atoms with Crippen LogP contribution in [0.2, 0.25) is 0 Å². The van der Waals surface area contributed by atoms with Crippen molar-refractivity contribution in [3.63, 3.8) is 0 Å². The molecule has 3 fully saturated rings. The minimum absolute atomic E-state index is 0.0659. The monoisotopic (exact) mass is 362 g/mol. The lowest BCUT2D eigenvalue weighted by atomic mass is 9.89. The van der Waals surface area contributed by atoms with Crippen LogP contribution in [0.5, 0.6) is 5.75 Å². The summed E-state index contributed by atoms with van der Waals surface area (Å²) in [6.45, 7) is 1.19. The lowest BCUT2D eigenvalue weighted by molar-refractivity contribution is -0.117. The van der Waals surface area contributed by atoms with Gasteiger partial charge in [0.25, 0.3) is 0 Å². The van der Waals surface area contributed by atoms with E-state index in [0.29, 0.717) is 42.5 Å². The van der Waals surface area contributed by atoms with Crippen LogP contribution in [0.3, 0.4) is 0 Å². The summed E-state index contributed by atoms with van der Waals surface area (Å²) < 4.78 is 25.0. The molecule has 26 heavy (non-hydrogen) atoms. The van der Waals surface area contributed by atoms with Crippen LogP contribution in [0.4, 0.5) is 10.1 Å². The number of nitrogens with one attached hydrogen (secondary N) is 2. The fourth-order valence-corrected chi connectivity index (χ4v) is 4.49. The number of ether oxygens (including phenoxy) is 2. The van der Waals surface area contributed by atoms with Gasteiger partial charge in [-0.1, -0.05) is 0 Å². The molecule has 0 aliphatic carbocycles. The van der Waals surface area contributed by atoms with Gasteiger partial charge in [0.05, 0.1) is 11.8 Å². The molecule has 1 aromatic carbocycles. The average molecular weight is 362 g/mol. The molecule has 0 aromatic heterocycles. The number of hydrogen-bond acceptors (Lipinski definition) is 4. The van der Waals surface area contributed by atoms with E-state index >= 15 is 0 Å². The largest absolute Gasteiger partial charge is 0.489 e. The van der Waals surface area contributed by atoms with Gasteiger partial charge in [0.2, 0.25) is 5.91 Å². The summed E-state index contributed by atoms with van der Waals surface area (Å²) in [6.07, 6.45) is 7.11. The molecule has 142 valence electrons.